The van der Waals surface area contributed by atoms with Gasteiger partial charge < -0.3 is 0 Å². The largest absolute Gasteiger partial charge is 0.254 e. The third-order valence-corrected chi connectivity index (χ3v) is 2.61. The topological polar surface area (TPSA) is 25.8 Å². The zero-order valence-corrected chi connectivity index (χ0v) is 8.57. The van der Waals surface area contributed by atoms with Crippen LogP contribution in [0.3, 0.4) is 0 Å². The summed E-state index contributed by atoms with van der Waals surface area (Å²) in [7, 11) is 0. The van der Waals surface area contributed by atoms with Gasteiger partial charge in [-0.05, 0) is 12.1 Å². The quantitative estimate of drug-likeness (QED) is 0.423. The van der Waals surface area contributed by atoms with Gasteiger partial charge in [0.2, 0.25) is 0 Å². The summed E-state index contributed by atoms with van der Waals surface area (Å²) in [6, 6.07) is 11.7. The van der Waals surface area contributed by atoms with E-state index in [2.05, 4.69) is 9.97 Å². The summed E-state index contributed by atoms with van der Waals surface area (Å²) in [6.07, 6.45) is 1.85. The third-order valence-electron chi connectivity index (χ3n) is 2.40. The normalized spacial score (nSPS) is 11.0. The summed E-state index contributed by atoms with van der Waals surface area (Å²) in [6.45, 7) is 0. The van der Waals surface area contributed by atoms with Crippen molar-refractivity contribution in [3.63, 3.8) is 0 Å². The number of aromatic nitrogens is 2. The van der Waals surface area contributed by atoms with E-state index in [4.69, 9.17) is 11.6 Å². The van der Waals surface area contributed by atoms with Crippen LogP contribution < -0.4 is 0 Å². The molecule has 2 heterocycles. The van der Waals surface area contributed by atoms with Crippen LogP contribution in [0.15, 0.2) is 42.6 Å². The summed E-state index contributed by atoms with van der Waals surface area (Å²) in [5.41, 5.74) is 1.73. The number of hydrogen-bond acceptors (Lipinski definition) is 2. The Labute approximate surface area is 91.5 Å². The Balaban J connectivity index is 2.57. The second kappa shape index (κ2) is 3.17. The first-order chi connectivity index (χ1) is 7.34. The fourth-order valence-corrected chi connectivity index (χ4v) is 1.84. The standard InChI is InChI=1S/C12H7ClN2/c13-11-6-5-10-12(15-11)9-4-2-1-3-8(9)7-14-10/h1-7H. The first kappa shape index (κ1) is 8.62. The Morgan fingerprint density at radius 1 is 1.00 bits per heavy atom. The molecule has 0 N–H and O–H groups in total. The van der Waals surface area contributed by atoms with Crippen LogP contribution in [0.5, 0.6) is 0 Å². The van der Waals surface area contributed by atoms with Gasteiger partial charge in [-0.2, -0.15) is 0 Å². The molecule has 0 saturated carbocycles. The molecule has 3 heteroatoms. The van der Waals surface area contributed by atoms with Crippen LogP contribution in [0, 0.1) is 0 Å². The number of pyridine rings is 2. The molecule has 2 aromatic heterocycles. The lowest BCUT2D eigenvalue weighted by Crippen LogP contribution is -1.85. The van der Waals surface area contributed by atoms with E-state index in [9.17, 15) is 0 Å². The molecule has 3 rings (SSSR count). The zero-order chi connectivity index (χ0) is 10.3. The van der Waals surface area contributed by atoms with Crippen LogP contribution in [0.25, 0.3) is 21.8 Å². The molecule has 3 aromatic rings. The van der Waals surface area contributed by atoms with Gasteiger partial charge in [0.1, 0.15) is 5.15 Å². The monoisotopic (exact) mass is 214 g/mol. The average molecular weight is 215 g/mol. The number of hydrogen-bond donors (Lipinski definition) is 0. The highest BCUT2D eigenvalue weighted by Gasteiger charge is 2.02. The molecule has 0 spiro atoms. The Morgan fingerprint density at radius 2 is 1.87 bits per heavy atom. The number of nitrogens with zero attached hydrogens (tertiary/aromatic N) is 2. The zero-order valence-electron chi connectivity index (χ0n) is 7.81. The first-order valence-corrected chi connectivity index (χ1v) is 5.02. The Kier molecular flexibility index (Phi) is 1.82. The summed E-state index contributed by atoms with van der Waals surface area (Å²) in [4.78, 5) is 8.64. The van der Waals surface area contributed by atoms with E-state index >= 15 is 0 Å². The van der Waals surface area contributed by atoms with Crippen molar-refractivity contribution in [2.24, 2.45) is 0 Å². The van der Waals surface area contributed by atoms with Crippen molar-refractivity contribution in [2.75, 3.05) is 0 Å². The maximum atomic E-state index is 5.88. The fourth-order valence-electron chi connectivity index (χ4n) is 1.69. The molecule has 0 radical (unpaired) electrons. The Hall–Kier alpha value is -1.67. The van der Waals surface area contributed by atoms with Crippen LogP contribution in [-0.2, 0) is 0 Å². The van der Waals surface area contributed by atoms with Gasteiger partial charge in [0.15, 0.2) is 0 Å². The molecule has 1 aromatic carbocycles. The molecule has 0 aliphatic heterocycles. The van der Waals surface area contributed by atoms with Crippen LogP contribution in [-0.4, -0.2) is 9.97 Å². The molecule has 0 aliphatic rings. The van der Waals surface area contributed by atoms with Crippen LogP contribution in [0.4, 0.5) is 0 Å². The summed E-state index contributed by atoms with van der Waals surface area (Å²) >= 11 is 5.88. The highest BCUT2D eigenvalue weighted by Crippen LogP contribution is 2.22. The minimum absolute atomic E-state index is 0.501. The Morgan fingerprint density at radius 3 is 2.80 bits per heavy atom. The lowest BCUT2D eigenvalue weighted by atomic mass is 10.1. The van der Waals surface area contributed by atoms with Crippen molar-refractivity contribution >= 4 is 33.4 Å². The lowest BCUT2D eigenvalue weighted by Gasteiger charge is -2.01. The molecule has 72 valence electrons. The number of benzene rings is 1. The van der Waals surface area contributed by atoms with Gasteiger partial charge in [-0.1, -0.05) is 35.9 Å². The van der Waals surface area contributed by atoms with Gasteiger partial charge in [0, 0.05) is 17.0 Å². The Bertz CT molecular complexity index is 649. The predicted molar refractivity (Wildman–Crippen MR) is 62.1 cm³/mol. The maximum absolute atomic E-state index is 5.88. The predicted octanol–water partition coefficient (Wildman–Crippen LogP) is 3.44. The molecule has 0 aliphatic carbocycles. The summed E-state index contributed by atoms with van der Waals surface area (Å²) < 4.78 is 0. The number of fused-ring (bicyclic) bond motifs is 3. The van der Waals surface area contributed by atoms with E-state index in [1.165, 1.54) is 0 Å². The van der Waals surface area contributed by atoms with Crippen molar-refractivity contribution in [1.29, 1.82) is 0 Å². The minimum Gasteiger partial charge on any atom is -0.254 e. The van der Waals surface area contributed by atoms with E-state index in [0.717, 1.165) is 21.8 Å². The van der Waals surface area contributed by atoms with Crippen LogP contribution in [0.1, 0.15) is 0 Å². The van der Waals surface area contributed by atoms with Crippen molar-refractivity contribution in [1.82, 2.24) is 9.97 Å². The van der Waals surface area contributed by atoms with E-state index < -0.39 is 0 Å². The van der Waals surface area contributed by atoms with E-state index in [1.54, 1.807) is 6.07 Å². The molecule has 0 unspecified atom stereocenters. The van der Waals surface area contributed by atoms with Crippen molar-refractivity contribution in [3.05, 3.63) is 47.7 Å². The van der Waals surface area contributed by atoms with E-state index in [-0.39, 0.29) is 0 Å². The molecule has 0 atom stereocenters. The first-order valence-electron chi connectivity index (χ1n) is 4.64. The molecule has 2 nitrogen and oxygen atoms in total. The van der Waals surface area contributed by atoms with Gasteiger partial charge in [-0.3, -0.25) is 4.98 Å². The number of rotatable bonds is 0. The summed E-state index contributed by atoms with van der Waals surface area (Å²) in [5, 5.41) is 2.67. The lowest BCUT2D eigenvalue weighted by molar-refractivity contribution is 1.36. The number of halogens is 1. The molecule has 0 bridgehead atoms. The van der Waals surface area contributed by atoms with Crippen LogP contribution >= 0.6 is 11.6 Å². The minimum atomic E-state index is 0.501. The highest BCUT2D eigenvalue weighted by molar-refractivity contribution is 6.30. The van der Waals surface area contributed by atoms with Gasteiger partial charge in [0.25, 0.3) is 0 Å². The van der Waals surface area contributed by atoms with Crippen LogP contribution in [0.2, 0.25) is 5.15 Å². The smallest absolute Gasteiger partial charge is 0.129 e. The molecule has 15 heavy (non-hydrogen) atoms. The molecule has 0 saturated heterocycles. The summed E-state index contributed by atoms with van der Waals surface area (Å²) in [5.74, 6) is 0. The average Bonchev–Trinajstić information content (AvgIpc) is 2.29. The van der Waals surface area contributed by atoms with Gasteiger partial charge in [-0.15, -0.1) is 0 Å². The van der Waals surface area contributed by atoms with Gasteiger partial charge >= 0.3 is 0 Å². The van der Waals surface area contributed by atoms with Gasteiger partial charge in [-0.25, -0.2) is 4.98 Å². The van der Waals surface area contributed by atoms with Crippen molar-refractivity contribution in [3.8, 4) is 0 Å². The van der Waals surface area contributed by atoms with Gasteiger partial charge in [0.05, 0.1) is 11.0 Å². The second-order valence-corrected chi connectivity index (χ2v) is 3.73. The molecule has 0 amide bonds. The SMILES string of the molecule is Clc1ccc2ncc3ccccc3c2n1. The van der Waals surface area contributed by atoms with E-state index in [0.29, 0.717) is 5.15 Å². The third kappa shape index (κ3) is 1.34. The molecular formula is C12H7ClN2. The highest BCUT2D eigenvalue weighted by atomic mass is 35.5. The van der Waals surface area contributed by atoms with E-state index in [1.807, 2.05) is 36.5 Å². The maximum Gasteiger partial charge on any atom is 0.129 e. The fraction of sp³-hybridized carbons (Fsp3) is 0. The second-order valence-electron chi connectivity index (χ2n) is 3.35. The van der Waals surface area contributed by atoms with Crippen molar-refractivity contribution < 1.29 is 0 Å². The van der Waals surface area contributed by atoms with Crippen molar-refractivity contribution in [2.45, 2.75) is 0 Å². The molecular weight excluding hydrogens is 208 g/mol. The molecule has 0 fully saturated rings.